The second-order valence-electron chi connectivity index (χ2n) is 10.4. The molecule has 0 aromatic heterocycles. The van der Waals surface area contributed by atoms with Gasteiger partial charge in [-0.15, -0.1) is 0 Å². The Kier molecular flexibility index (Phi) is 10.0. The standard InChI is InChI=1S/C31H35ClFN3O4S/c1-22-8-6-7-11-29(22)36(41(39,40)28-18-14-25(32)15-19-28)21-30(37)35(20-24-12-16-26(33)17-13-24)23(2)31(38)34-27-9-4-3-5-10-27/h6-8,11-19,23,27H,3-5,9-10,20-21H2,1-2H3,(H,34,38)/t23-/m1/s1. The van der Waals surface area contributed by atoms with Crippen molar-refractivity contribution in [1.29, 1.82) is 0 Å². The fourth-order valence-corrected chi connectivity index (χ4v) is 6.63. The van der Waals surface area contributed by atoms with Gasteiger partial charge in [0.25, 0.3) is 10.0 Å². The van der Waals surface area contributed by atoms with Gasteiger partial charge in [-0.1, -0.05) is 61.2 Å². The van der Waals surface area contributed by atoms with Crippen molar-refractivity contribution < 1.29 is 22.4 Å². The molecule has 1 aliphatic rings. The van der Waals surface area contributed by atoms with Gasteiger partial charge in [0.1, 0.15) is 18.4 Å². The highest BCUT2D eigenvalue weighted by Gasteiger charge is 2.33. The predicted molar refractivity (Wildman–Crippen MR) is 159 cm³/mol. The van der Waals surface area contributed by atoms with Crippen LogP contribution in [0, 0.1) is 12.7 Å². The lowest BCUT2D eigenvalue weighted by Gasteiger charge is -2.33. The number of halogens is 2. The summed E-state index contributed by atoms with van der Waals surface area (Å²) < 4.78 is 42.5. The van der Waals surface area contributed by atoms with Gasteiger partial charge < -0.3 is 10.2 Å². The van der Waals surface area contributed by atoms with E-state index in [2.05, 4.69) is 5.32 Å². The highest BCUT2D eigenvalue weighted by molar-refractivity contribution is 7.92. The normalized spacial score (nSPS) is 14.7. The second-order valence-corrected chi connectivity index (χ2v) is 12.7. The molecule has 0 aliphatic heterocycles. The maximum Gasteiger partial charge on any atom is 0.264 e. The Bertz CT molecular complexity index is 1460. The van der Waals surface area contributed by atoms with Gasteiger partial charge >= 0.3 is 0 Å². The van der Waals surface area contributed by atoms with Crippen LogP contribution >= 0.6 is 11.6 Å². The third kappa shape index (κ3) is 7.65. The van der Waals surface area contributed by atoms with Crippen LogP contribution in [0.2, 0.25) is 5.02 Å². The van der Waals surface area contributed by atoms with Crippen LogP contribution in [0.15, 0.2) is 77.7 Å². The van der Waals surface area contributed by atoms with Gasteiger partial charge in [0, 0.05) is 17.6 Å². The molecular formula is C31H35ClFN3O4S. The number of para-hydroxylation sites is 1. The van der Waals surface area contributed by atoms with Gasteiger partial charge in [0.2, 0.25) is 11.8 Å². The molecule has 0 unspecified atom stereocenters. The van der Waals surface area contributed by atoms with Crippen LogP contribution in [-0.4, -0.2) is 43.8 Å². The number of amides is 2. The number of benzene rings is 3. The number of anilines is 1. The van der Waals surface area contributed by atoms with Crippen LogP contribution < -0.4 is 9.62 Å². The van der Waals surface area contributed by atoms with E-state index in [1.165, 1.54) is 41.3 Å². The largest absolute Gasteiger partial charge is 0.352 e. The smallest absolute Gasteiger partial charge is 0.264 e. The van der Waals surface area contributed by atoms with Crippen molar-refractivity contribution in [3.05, 3.63) is 94.8 Å². The molecule has 1 atom stereocenters. The first kappa shape index (κ1) is 30.5. The number of nitrogens with one attached hydrogen (secondary N) is 1. The lowest BCUT2D eigenvalue weighted by atomic mass is 9.95. The molecule has 0 spiro atoms. The first-order chi connectivity index (χ1) is 19.6. The number of nitrogens with zero attached hydrogens (tertiary/aromatic N) is 2. The molecule has 10 heteroatoms. The SMILES string of the molecule is Cc1ccccc1N(CC(=O)N(Cc1ccc(F)cc1)[C@H](C)C(=O)NC1CCCCC1)S(=O)(=O)c1ccc(Cl)cc1. The summed E-state index contributed by atoms with van der Waals surface area (Å²) >= 11 is 6.00. The molecule has 41 heavy (non-hydrogen) atoms. The summed E-state index contributed by atoms with van der Waals surface area (Å²) in [5.74, 6) is -1.30. The lowest BCUT2D eigenvalue weighted by Crippen LogP contribution is -2.53. The van der Waals surface area contributed by atoms with E-state index in [1.807, 2.05) is 0 Å². The van der Waals surface area contributed by atoms with E-state index in [0.717, 1.165) is 36.4 Å². The van der Waals surface area contributed by atoms with E-state index in [9.17, 15) is 22.4 Å². The van der Waals surface area contributed by atoms with Crippen molar-refractivity contribution in [2.75, 3.05) is 10.8 Å². The Morgan fingerprint density at radius 1 is 0.976 bits per heavy atom. The molecular weight excluding hydrogens is 565 g/mol. The van der Waals surface area contributed by atoms with E-state index in [1.54, 1.807) is 50.2 Å². The highest BCUT2D eigenvalue weighted by atomic mass is 35.5. The summed E-state index contributed by atoms with van der Waals surface area (Å²) in [6.45, 7) is 2.85. The predicted octanol–water partition coefficient (Wildman–Crippen LogP) is 5.85. The van der Waals surface area contributed by atoms with Crippen molar-refractivity contribution in [2.24, 2.45) is 0 Å². The highest BCUT2D eigenvalue weighted by Crippen LogP contribution is 2.28. The van der Waals surface area contributed by atoms with Crippen molar-refractivity contribution in [2.45, 2.75) is 69.5 Å². The third-order valence-electron chi connectivity index (χ3n) is 7.45. The van der Waals surface area contributed by atoms with Gasteiger partial charge in [-0.3, -0.25) is 13.9 Å². The number of aryl methyl sites for hydroxylation is 1. The Balaban J connectivity index is 1.68. The second kappa shape index (κ2) is 13.5. The first-order valence-corrected chi connectivity index (χ1v) is 15.6. The van der Waals surface area contributed by atoms with E-state index in [4.69, 9.17) is 11.6 Å². The van der Waals surface area contributed by atoms with Crippen LogP contribution in [0.3, 0.4) is 0 Å². The van der Waals surface area contributed by atoms with Crippen LogP contribution in [0.5, 0.6) is 0 Å². The van der Waals surface area contributed by atoms with Gasteiger partial charge in [0.15, 0.2) is 0 Å². The Hall–Kier alpha value is -3.43. The Morgan fingerprint density at radius 3 is 2.24 bits per heavy atom. The minimum absolute atomic E-state index is 0.000963. The summed E-state index contributed by atoms with van der Waals surface area (Å²) in [7, 11) is -4.19. The number of rotatable bonds is 10. The maximum absolute atomic E-state index is 14.0. The minimum atomic E-state index is -4.19. The minimum Gasteiger partial charge on any atom is -0.352 e. The number of hydrogen-bond donors (Lipinski definition) is 1. The molecule has 0 radical (unpaired) electrons. The van der Waals surface area contributed by atoms with Gasteiger partial charge in [-0.05, 0) is 80.3 Å². The van der Waals surface area contributed by atoms with Crippen molar-refractivity contribution in [1.82, 2.24) is 10.2 Å². The molecule has 1 fully saturated rings. The fraction of sp³-hybridized carbons (Fsp3) is 0.355. The quantitative estimate of drug-likeness (QED) is 0.317. The van der Waals surface area contributed by atoms with Crippen molar-refractivity contribution in [3.8, 4) is 0 Å². The summed E-state index contributed by atoms with van der Waals surface area (Å²) in [6.07, 6.45) is 4.96. The van der Waals surface area contributed by atoms with Gasteiger partial charge in [-0.25, -0.2) is 12.8 Å². The molecule has 1 saturated carbocycles. The molecule has 1 N–H and O–H groups in total. The molecule has 0 bridgehead atoms. The molecule has 7 nitrogen and oxygen atoms in total. The molecule has 2 amide bonds. The average molecular weight is 600 g/mol. The van der Waals surface area contributed by atoms with Crippen LogP contribution in [0.4, 0.5) is 10.1 Å². The molecule has 3 aromatic rings. The summed E-state index contributed by atoms with van der Waals surface area (Å²) in [4.78, 5) is 28.7. The Labute approximate surface area is 246 Å². The van der Waals surface area contributed by atoms with Crippen LogP contribution in [-0.2, 0) is 26.2 Å². The average Bonchev–Trinajstić information content (AvgIpc) is 2.96. The number of carbonyl (C=O) groups excluding carboxylic acids is 2. The number of sulfonamides is 1. The molecule has 0 heterocycles. The van der Waals surface area contributed by atoms with E-state index >= 15 is 0 Å². The van der Waals surface area contributed by atoms with E-state index in [-0.39, 0.29) is 23.4 Å². The monoisotopic (exact) mass is 599 g/mol. The molecule has 4 rings (SSSR count). The van der Waals surface area contributed by atoms with Crippen LogP contribution in [0.25, 0.3) is 0 Å². The van der Waals surface area contributed by atoms with Crippen LogP contribution in [0.1, 0.15) is 50.2 Å². The number of carbonyl (C=O) groups is 2. The van der Waals surface area contributed by atoms with Crippen molar-refractivity contribution >= 4 is 39.1 Å². The fourth-order valence-electron chi connectivity index (χ4n) is 5.03. The summed E-state index contributed by atoms with van der Waals surface area (Å²) in [5, 5.41) is 3.45. The topological polar surface area (TPSA) is 86.8 Å². The molecule has 218 valence electrons. The van der Waals surface area contributed by atoms with Crippen molar-refractivity contribution in [3.63, 3.8) is 0 Å². The Morgan fingerprint density at radius 2 is 1.61 bits per heavy atom. The van der Waals surface area contributed by atoms with Gasteiger partial charge in [0.05, 0.1) is 10.6 Å². The summed E-state index contributed by atoms with van der Waals surface area (Å²) in [6, 6.07) is 17.4. The van der Waals surface area contributed by atoms with E-state index < -0.39 is 34.3 Å². The number of hydrogen-bond acceptors (Lipinski definition) is 4. The maximum atomic E-state index is 14.0. The van der Waals surface area contributed by atoms with E-state index in [0.29, 0.717) is 21.8 Å². The lowest BCUT2D eigenvalue weighted by molar-refractivity contribution is -0.139. The molecule has 3 aromatic carbocycles. The molecule has 1 aliphatic carbocycles. The molecule has 0 saturated heterocycles. The summed E-state index contributed by atoms with van der Waals surface area (Å²) in [5.41, 5.74) is 1.61. The first-order valence-electron chi connectivity index (χ1n) is 13.7. The zero-order chi connectivity index (χ0) is 29.6. The zero-order valence-corrected chi connectivity index (χ0v) is 24.8. The van der Waals surface area contributed by atoms with Gasteiger partial charge in [-0.2, -0.15) is 0 Å². The zero-order valence-electron chi connectivity index (χ0n) is 23.2. The third-order valence-corrected chi connectivity index (χ3v) is 9.48.